The number of rotatable bonds is 11. The van der Waals surface area contributed by atoms with Crippen LogP contribution in [0.1, 0.15) is 78.4 Å². The van der Waals surface area contributed by atoms with Crippen molar-refractivity contribution in [2.45, 2.75) is 91.0 Å². The summed E-state index contributed by atoms with van der Waals surface area (Å²) in [5, 5.41) is 2.75. The fourth-order valence-electron chi connectivity index (χ4n) is 4.28. The highest BCUT2D eigenvalue weighted by atomic mass is 19.1. The lowest BCUT2D eigenvalue weighted by Crippen LogP contribution is -2.35. The first-order chi connectivity index (χ1) is 20.6. The Bertz CT molecular complexity index is 1420. The summed E-state index contributed by atoms with van der Waals surface area (Å²) in [6, 6.07) is 5.64. The Kier molecular flexibility index (Phi) is 11.2. The Morgan fingerprint density at radius 2 is 1.70 bits per heavy atom. The molecule has 1 heterocycles. The highest BCUT2D eigenvalue weighted by Crippen LogP contribution is 2.34. The first-order valence-corrected chi connectivity index (χ1v) is 14.4. The number of carbonyl (C=O) groups is 3. The number of aromatic nitrogens is 1. The largest absolute Gasteiger partial charge is 0.460 e. The fourth-order valence-corrected chi connectivity index (χ4v) is 4.28. The molecule has 2 aromatic rings. The summed E-state index contributed by atoms with van der Waals surface area (Å²) >= 11 is 0. The lowest BCUT2D eigenvalue weighted by Gasteiger charge is -2.24. The molecule has 0 saturated heterocycles. The van der Waals surface area contributed by atoms with Crippen LogP contribution in [0.2, 0.25) is 0 Å². The number of alkyl carbamates (subject to hydrolysis) is 1. The van der Waals surface area contributed by atoms with Gasteiger partial charge >= 0.3 is 12.1 Å². The van der Waals surface area contributed by atoms with Crippen LogP contribution in [0.4, 0.5) is 13.6 Å². The Morgan fingerprint density at radius 1 is 1.02 bits per heavy atom. The molecule has 0 saturated carbocycles. The number of nitrogens with one attached hydrogen (secondary N) is 1. The molecule has 0 radical (unpaired) electrons. The molecule has 0 spiro atoms. The molecule has 2 atom stereocenters. The summed E-state index contributed by atoms with van der Waals surface area (Å²) in [7, 11) is 0. The second-order valence-electron chi connectivity index (χ2n) is 12.4. The standard InChI is InChI=1S/C33H40F2N2O7/c1-8-27(30(39)43-32(2,3)4)42-29-26(35)18-25(34)28(37-29)41-24-16-20(12-13-38)14-23(17-24)22-11-9-10-21(15-22)19-36-31(40)44-33(5,6)7/h9-11,13-14,16-18,22,27H,8,12,15,19H2,1-7H3,(H,36,40). The van der Waals surface area contributed by atoms with E-state index in [1.54, 1.807) is 60.6 Å². The minimum absolute atomic E-state index is 0.0747. The molecule has 9 nitrogen and oxygen atoms in total. The molecule has 238 valence electrons. The summed E-state index contributed by atoms with van der Waals surface area (Å²) < 4.78 is 51.4. The number of aldehydes is 1. The van der Waals surface area contributed by atoms with Gasteiger partial charge in [0.25, 0.3) is 11.8 Å². The highest BCUT2D eigenvalue weighted by Gasteiger charge is 2.28. The average Bonchev–Trinajstić information content (AvgIpc) is 2.91. The normalized spacial score (nSPS) is 15.6. The van der Waals surface area contributed by atoms with Gasteiger partial charge in [0.15, 0.2) is 17.7 Å². The quantitative estimate of drug-likeness (QED) is 0.215. The van der Waals surface area contributed by atoms with Crippen LogP contribution in [-0.4, -0.2) is 47.2 Å². The van der Waals surface area contributed by atoms with Crippen LogP contribution < -0.4 is 14.8 Å². The predicted molar refractivity (Wildman–Crippen MR) is 160 cm³/mol. The van der Waals surface area contributed by atoms with Crippen LogP contribution in [0.25, 0.3) is 0 Å². The number of ether oxygens (including phenoxy) is 4. The third kappa shape index (κ3) is 10.5. The number of hydrogen-bond donors (Lipinski definition) is 1. The molecule has 1 aromatic carbocycles. The number of halogens is 2. The van der Waals surface area contributed by atoms with E-state index in [4.69, 9.17) is 18.9 Å². The van der Waals surface area contributed by atoms with Crippen LogP contribution >= 0.6 is 0 Å². The summed E-state index contributed by atoms with van der Waals surface area (Å²) in [4.78, 5) is 39.9. The molecule has 44 heavy (non-hydrogen) atoms. The first-order valence-electron chi connectivity index (χ1n) is 14.4. The number of amides is 1. The number of carbonyl (C=O) groups excluding carboxylic acids is 3. The fraction of sp³-hybridized carbons (Fsp3) is 0.455. The van der Waals surface area contributed by atoms with Gasteiger partial charge in [0, 0.05) is 24.9 Å². The number of hydrogen-bond acceptors (Lipinski definition) is 8. The number of allylic oxidation sites excluding steroid dienone is 3. The maximum atomic E-state index is 14.8. The third-order valence-electron chi connectivity index (χ3n) is 6.13. The molecule has 0 bridgehead atoms. The average molecular weight is 615 g/mol. The molecule has 0 fully saturated rings. The van der Waals surface area contributed by atoms with Crippen LogP contribution in [0.5, 0.6) is 17.5 Å². The van der Waals surface area contributed by atoms with Gasteiger partial charge in [-0.1, -0.05) is 36.8 Å². The van der Waals surface area contributed by atoms with Gasteiger partial charge in [-0.2, -0.15) is 4.98 Å². The van der Waals surface area contributed by atoms with Crippen molar-refractivity contribution < 1.29 is 42.1 Å². The summed E-state index contributed by atoms with van der Waals surface area (Å²) in [5.41, 5.74) is 0.909. The Hall–Kier alpha value is -4.28. The summed E-state index contributed by atoms with van der Waals surface area (Å²) in [6.45, 7) is 12.3. The minimum atomic E-state index is -1.18. The molecule has 1 amide bonds. The van der Waals surface area contributed by atoms with Crippen molar-refractivity contribution in [3.05, 3.63) is 70.8 Å². The Morgan fingerprint density at radius 3 is 2.34 bits per heavy atom. The van der Waals surface area contributed by atoms with Gasteiger partial charge < -0.3 is 29.1 Å². The number of pyridine rings is 1. The molecule has 2 unspecified atom stereocenters. The van der Waals surface area contributed by atoms with Crippen molar-refractivity contribution in [1.82, 2.24) is 10.3 Å². The van der Waals surface area contributed by atoms with E-state index < -0.39 is 52.8 Å². The third-order valence-corrected chi connectivity index (χ3v) is 6.13. The van der Waals surface area contributed by atoms with Gasteiger partial charge in [-0.25, -0.2) is 18.4 Å². The smallest absolute Gasteiger partial charge is 0.407 e. The maximum absolute atomic E-state index is 14.8. The van der Waals surface area contributed by atoms with Crippen molar-refractivity contribution in [2.24, 2.45) is 0 Å². The van der Waals surface area contributed by atoms with Crippen molar-refractivity contribution in [2.75, 3.05) is 6.54 Å². The van der Waals surface area contributed by atoms with E-state index in [0.29, 0.717) is 18.1 Å². The zero-order valence-corrected chi connectivity index (χ0v) is 26.2. The van der Waals surface area contributed by atoms with Crippen molar-refractivity contribution in [3.63, 3.8) is 0 Å². The van der Waals surface area contributed by atoms with Crippen LogP contribution in [0.3, 0.4) is 0 Å². The SMILES string of the molecule is CCC(Oc1nc(Oc2cc(CC=O)cc(C3C=CC=C(CNC(=O)OC(C)(C)C)C3)c2)c(F)cc1F)C(=O)OC(C)(C)C. The van der Waals surface area contributed by atoms with E-state index in [1.165, 1.54) is 0 Å². The second kappa shape index (κ2) is 14.5. The topological polar surface area (TPSA) is 113 Å². The van der Waals surface area contributed by atoms with Crippen molar-refractivity contribution >= 4 is 18.3 Å². The van der Waals surface area contributed by atoms with E-state index in [9.17, 15) is 23.2 Å². The number of esters is 1. The molecule has 1 aliphatic rings. The highest BCUT2D eigenvalue weighted by molar-refractivity contribution is 5.75. The van der Waals surface area contributed by atoms with Gasteiger partial charge in [-0.05, 0) is 77.6 Å². The van der Waals surface area contributed by atoms with Crippen molar-refractivity contribution in [1.29, 1.82) is 0 Å². The monoisotopic (exact) mass is 614 g/mol. The molecular weight excluding hydrogens is 574 g/mol. The summed E-state index contributed by atoms with van der Waals surface area (Å²) in [5.74, 6) is -4.08. The van der Waals surface area contributed by atoms with Gasteiger partial charge in [0.05, 0.1) is 0 Å². The van der Waals surface area contributed by atoms with Crippen molar-refractivity contribution in [3.8, 4) is 17.5 Å². The Labute approximate surface area is 256 Å². The molecule has 1 aromatic heterocycles. The molecule has 0 aliphatic heterocycles. The van der Waals surface area contributed by atoms with E-state index in [1.807, 2.05) is 24.3 Å². The van der Waals surface area contributed by atoms with Crippen LogP contribution in [0.15, 0.2) is 48.1 Å². The number of benzene rings is 1. The number of nitrogens with zero attached hydrogens (tertiary/aromatic N) is 1. The molecule has 11 heteroatoms. The molecule has 1 N–H and O–H groups in total. The van der Waals surface area contributed by atoms with Crippen LogP contribution in [0, 0.1) is 11.6 Å². The van der Waals surface area contributed by atoms with E-state index in [-0.39, 0.29) is 31.1 Å². The summed E-state index contributed by atoms with van der Waals surface area (Å²) in [6.07, 6.45) is 5.55. The van der Waals surface area contributed by atoms with Gasteiger partial charge in [-0.3, -0.25) is 0 Å². The van der Waals surface area contributed by atoms with Gasteiger partial charge in [0.1, 0.15) is 23.2 Å². The van der Waals surface area contributed by atoms with Gasteiger partial charge in [-0.15, -0.1) is 0 Å². The van der Waals surface area contributed by atoms with Crippen LogP contribution in [-0.2, 0) is 25.5 Å². The zero-order chi connectivity index (χ0) is 32.7. The van der Waals surface area contributed by atoms with E-state index >= 15 is 0 Å². The van der Waals surface area contributed by atoms with E-state index in [0.717, 1.165) is 17.4 Å². The molecule has 1 aliphatic carbocycles. The lowest BCUT2D eigenvalue weighted by atomic mass is 9.87. The molecule has 3 rings (SSSR count). The maximum Gasteiger partial charge on any atom is 0.407 e. The van der Waals surface area contributed by atoms with E-state index in [2.05, 4.69) is 10.3 Å². The minimum Gasteiger partial charge on any atom is -0.460 e. The molecular formula is C33H40F2N2O7. The zero-order valence-electron chi connectivity index (χ0n) is 26.2. The lowest BCUT2D eigenvalue weighted by molar-refractivity contribution is -0.163. The Balaban J connectivity index is 1.82. The van der Waals surface area contributed by atoms with Gasteiger partial charge in [0.2, 0.25) is 0 Å². The predicted octanol–water partition coefficient (Wildman–Crippen LogP) is 6.89. The second-order valence-corrected chi connectivity index (χ2v) is 12.4. The first kappa shape index (κ1) is 34.2.